The van der Waals surface area contributed by atoms with Crippen molar-refractivity contribution >= 4 is 5.82 Å². The quantitative estimate of drug-likeness (QED) is 0.593. The first-order valence-corrected chi connectivity index (χ1v) is 6.27. The van der Waals surface area contributed by atoms with E-state index in [1.54, 1.807) is 13.2 Å². The van der Waals surface area contributed by atoms with Crippen LogP contribution in [0, 0.1) is 5.95 Å². The first-order valence-electron chi connectivity index (χ1n) is 6.27. The summed E-state index contributed by atoms with van der Waals surface area (Å²) in [7, 11) is 1.67. The highest BCUT2D eigenvalue weighted by atomic mass is 19.1. The van der Waals surface area contributed by atoms with E-state index in [1.165, 1.54) is 6.07 Å². The second-order valence-electron chi connectivity index (χ2n) is 4.37. The molecule has 0 bridgehead atoms. The maximum atomic E-state index is 13.0. The third-order valence-electron chi connectivity index (χ3n) is 3.11. The highest BCUT2D eigenvalue weighted by molar-refractivity contribution is 5.38. The van der Waals surface area contributed by atoms with Gasteiger partial charge in [-0.25, -0.2) is 4.98 Å². The number of piperidine rings is 1. The summed E-state index contributed by atoms with van der Waals surface area (Å²) in [5.41, 5.74) is 0. The minimum Gasteiger partial charge on any atom is -0.382 e. The van der Waals surface area contributed by atoms with E-state index in [9.17, 15) is 4.39 Å². The second kappa shape index (κ2) is 6.66. The van der Waals surface area contributed by atoms with Crippen molar-refractivity contribution in [3.8, 4) is 0 Å². The maximum Gasteiger partial charge on any atom is 0.214 e. The topological polar surface area (TPSA) is 34.6 Å². The highest BCUT2D eigenvalue weighted by Gasteiger charge is 2.20. The summed E-state index contributed by atoms with van der Waals surface area (Å²) >= 11 is 0. The van der Waals surface area contributed by atoms with Gasteiger partial charge in [-0.05, 0) is 25.0 Å². The van der Waals surface area contributed by atoms with Gasteiger partial charge in [-0.3, -0.25) is 0 Å². The summed E-state index contributed by atoms with van der Waals surface area (Å²) in [6.45, 7) is 2.98. The summed E-state index contributed by atoms with van der Waals surface area (Å²) in [5, 5.41) is 0. The summed E-state index contributed by atoms with van der Waals surface area (Å²) in [4.78, 5) is 5.99. The number of nitrogens with zero attached hydrogens (tertiary/aromatic N) is 2. The molecule has 0 amide bonds. The van der Waals surface area contributed by atoms with Crippen LogP contribution in [0.4, 0.5) is 10.2 Å². The van der Waals surface area contributed by atoms with Crippen LogP contribution in [-0.4, -0.2) is 44.5 Å². The molecule has 0 aromatic carbocycles. The molecule has 1 aliphatic rings. The number of ether oxygens (including phenoxy) is 2. The Kier molecular flexibility index (Phi) is 4.90. The third-order valence-corrected chi connectivity index (χ3v) is 3.11. The molecular formula is C13H19FN2O2. The summed E-state index contributed by atoms with van der Waals surface area (Å²) < 4.78 is 23.7. The SMILES string of the molecule is COCCOC1CCN(c2cccc(F)n2)CC1. The van der Waals surface area contributed by atoms with Crippen molar-refractivity contribution in [2.45, 2.75) is 18.9 Å². The lowest BCUT2D eigenvalue weighted by Gasteiger charge is -2.32. The molecule has 2 heterocycles. The number of rotatable bonds is 5. The molecule has 0 atom stereocenters. The molecule has 0 aliphatic carbocycles. The van der Waals surface area contributed by atoms with Crippen molar-refractivity contribution in [2.75, 3.05) is 38.3 Å². The van der Waals surface area contributed by atoms with Crippen molar-refractivity contribution in [1.29, 1.82) is 0 Å². The van der Waals surface area contributed by atoms with Gasteiger partial charge in [0.15, 0.2) is 0 Å². The fourth-order valence-electron chi connectivity index (χ4n) is 2.12. The van der Waals surface area contributed by atoms with Crippen LogP contribution in [0.5, 0.6) is 0 Å². The van der Waals surface area contributed by atoms with Crippen LogP contribution in [0.2, 0.25) is 0 Å². The van der Waals surface area contributed by atoms with Gasteiger partial charge in [0.05, 0.1) is 19.3 Å². The highest BCUT2D eigenvalue weighted by Crippen LogP contribution is 2.19. The Hall–Kier alpha value is -1.20. The minimum absolute atomic E-state index is 0.282. The van der Waals surface area contributed by atoms with Gasteiger partial charge in [0.1, 0.15) is 5.82 Å². The molecule has 18 heavy (non-hydrogen) atoms. The Morgan fingerprint density at radius 1 is 1.33 bits per heavy atom. The van der Waals surface area contributed by atoms with Gasteiger partial charge in [0, 0.05) is 20.2 Å². The number of methoxy groups -OCH3 is 1. The Bertz CT molecular complexity index is 368. The van der Waals surface area contributed by atoms with E-state index in [0.717, 1.165) is 25.9 Å². The van der Waals surface area contributed by atoms with Crippen LogP contribution in [0.15, 0.2) is 18.2 Å². The molecule has 2 rings (SSSR count). The van der Waals surface area contributed by atoms with Gasteiger partial charge in [-0.2, -0.15) is 4.39 Å². The monoisotopic (exact) mass is 254 g/mol. The van der Waals surface area contributed by atoms with Crippen molar-refractivity contribution in [3.05, 3.63) is 24.1 Å². The lowest BCUT2D eigenvalue weighted by molar-refractivity contribution is 0.00604. The number of halogens is 1. The zero-order valence-corrected chi connectivity index (χ0v) is 10.6. The number of anilines is 1. The van der Waals surface area contributed by atoms with Crippen LogP contribution >= 0.6 is 0 Å². The van der Waals surface area contributed by atoms with Crippen LogP contribution < -0.4 is 4.90 Å². The molecule has 1 fully saturated rings. The number of pyridine rings is 1. The van der Waals surface area contributed by atoms with E-state index in [2.05, 4.69) is 9.88 Å². The van der Waals surface area contributed by atoms with Gasteiger partial charge in [-0.15, -0.1) is 0 Å². The molecule has 1 aromatic rings. The molecule has 0 N–H and O–H groups in total. The van der Waals surface area contributed by atoms with E-state index in [0.29, 0.717) is 19.0 Å². The third kappa shape index (κ3) is 3.65. The molecule has 0 saturated carbocycles. The molecule has 5 heteroatoms. The van der Waals surface area contributed by atoms with E-state index in [4.69, 9.17) is 9.47 Å². The Labute approximate surface area is 107 Å². The average molecular weight is 254 g/mol. The van der Waals surface area contributed by atoms with E-state index in [1.807, 2.05) is 6.07 Å². The van der Waals surface area contributed by atoms with Gasteiger partial charge in [0.2, 0.25) is 5.95 Å². The van der Waals surface area contributed by atoms with E-state index < -0.39 is 5.95 Å². The zero-order valence-electron chi connectivity index (χ0n) is 10.6. The molecule has 0 radical (unpaired) electrons. The average Bonchev–Trinajstić information content (AvgIpc) is 2.40. The first-order chi connectivity index (χ1) is 8.79. The smallest absolute Gasteiger partial charge is 0.214 e. The summed E-state index contributed by atoms with van der Waals surface area (Å²) in [6, 6.07) is 4.90. The predicted molar refractivity (Wildman–Crippen MR) is 67.3 cm³/mol. The first kappa shape index (κ1) is 13.2. The molecule has 0 spiro atoms. The van der Waals surface area contributed by atoms with E-state index >= 15 is 0 Å². The Morgan fingerprint density at radius 2 is 2.11 bits per heavy atom. The Balaban J connectivity index is 1.79. The van der Waals surface area contributed by atoms with Crippen molar-refractivity contribution < 1.29 is 13.9 Å². The molecule has 1 aliphatic heterocycles. The maximum absolute atomic E-state index is 13.0. The van der Waals surface area contributed by atoms with Crippen LogP contribution in [-0.2, 0) is 9.47 Å². The van der Waals surface area contributed by atoms with Crippen LogP contribution in [0.3, 0.4) is 0 Å². The van der Waals surface area contributed by atoms with Crippen molar-refractivity contribution in [1.82, 2.24) is 4.98 Å². The lowest BCUT2D eigenvalue weighted by Crippen LogP contribution is -2.37. The fraction of sp³-hybridized carbons (Fsp3) is 0.615. The molecule has 1 aromatic heterocycles. The largest absolute Gasteiger partial charge is 0.382 e. The fourth-order valence-corrected chi connectivity index (χ4v) is 2.12. The van der Waals surface area contributed by atoms with Gasteiger partial charge in [-0.1, -0.05) is 6.07 Å². The summed E-state index contributed by atoms with van der Waals surface area (Å²) in [6.07, 6.45) is 2.18. The molecule has 0 unspecified atom stereocenters. The van der Waals surface area contributed by atoms with Gasteiger partial charge < -0.3 is 14.4 Å². The normalized spacial score (nSPS) is 17.1. The Morgan fingerprint density at radius 3 is 2.78 bits per heavy atom. The van der Waals surface area contributed by atoms with Crippen molar-refractivity contribution in [3.63, 3.8) is 0 Å². The van der Waals surface area contributed by atoms with Crippen LogP contribution in [0.1, 0.15) is 12.8 Å². The molecule has 1 saturated heterocycles. The standard InChI is InChI=1S/C13H19FN2O2/c1-17-9-10-18-11-5-7-16(8-6-11)13-4-2-3-12(14)15-13/h2-4,11H,5-10H2,1H3. The van der Waals surface area contributed by atoms with Gasteiger partial charge >= 0.3 is 0 Å². The predicted octanol–water partition coefficient (Wildman–Crippen LogP) is 1.85. The molecule has 4 nitrogen and oxygen atoms in total. The van der Waals surface area contributed by atoms with Crippen molar-refractivity contribution in [2.24, 2.45) is 0 Å². The second-order valence-corrected chi connectivity index (χ2v) is 4.37. The van der Waals surface area contributed by atoms with E-state index in [-0.39, 0.29) is 6.10 Å². The lowest BCUT2D eigenvalue weighted by atomic mass is 10.1. The number of hydrogen-bond donors (Lipinski definition) is 0. The minimum atomic E-state index is -0.425. The number of hydrogen-bond acceptors (Lipinski definition) is 4. The molecule has 100 valence electrons. The zero-order chi connectivity index (χ0) is 12.8. The molecular weight excluding hydrogens is 235 g/mol. The van der Waals surface area contributed by atoms with Crippen LogP contribution in [0.25, 0.3) is 0 Å². The number of aromatic nitrogens is 1. The summed E-state index contributed by atoms with van der Waals surface area (Å²) in [5.74, 6) is 0.288. The van der Waals surface area contributed by atoms with Gasteiger partial charge in [0.25, 0.3) is 0 Å².